The van der Waals surface area contributed by atoms with Gasteiger partial charge in [0, 0.05) is 23.6 Å². The van der Waals surface area contributed by atoms with Crippen molar-refractivity contribution in [1.82, 2.24) is 0 Å². The van der Waals surface area contributed by atoms with E-state index in [1.165, 1.54) is 5.56 Å². The molecule has 0 heterocycles. The Morgan fingerprint density at radius 3 is 2.50 bits per heavy atom. The topological polar surface area (TPSA) is 38.3 Å². The smallest absolute Gasteiger partial charge is 0.225 e. The lowest BCUT2D eigenvalue weighted by molar-refractivity contribution is -0.115. The average molecular weight is 315 g/mol. The van der Waals surface area contributed by atoms with Crippen LogP contribution in [-0.2, 0) is 10.5 Å². The van der Waals surface area contributed by atoms with Crippen molar-refractivity contribution in [3.63, 3.8) is 0 Å². The molecule has 0 atom stereocenters. The molecule has 0 saturated carbocycles. The molecule has 3 nitrogen and oxygen atoms in total. The lowest BCUT2D eigenvalue weighted by atomic mass is 10.2. The predicted molar refractivity (Wildman–Crippen MR) is 93.5 cm³/mol. The van der Waals surface area contributed by atoms with Gasteiger partial charge in [-0.25, -0.2) is 0 Å². The zero-order valence-electron chi connectivity index (χ0n) is 12.7. The molecular formula is C18H21NO2S. The molecule has 0 aliphatic carbocycles. The standard InChI is InChI=1S/C18H21NO2S/c1-2-21-17-10-8-16(9-11-17)19-18(20)12-13-22-14-15-6-4-3-5-7-15/h3-11H,2,12-14H2,1H3,(H,19,20). The summed E-state index contributed by atoms with van der Waals surface area (Å²) in [6.07, 6.45) is 0.519. The highest BCUT2D eigenvalue weighted by molar-refractivity contribution is 7.98. The first-order chi connectivity index (χ1) is 10.8. The van der Waals surface area contributed by atoms with E-state index in [-0.39, 0.29) is 5.91 Å². The van der Waals surface area contributed by atoms with Crippen molar-refractivity contribution in [2.45, 2.75) is 19.1 Å². The third kappa shape index (κ3) is 5.82. The highest BCUT2D eigenvalue weighted by Gasteiger charge is 2.03. The summed E-state index contributed by atoms with van der Waals surface area (Å²) in [7, 11) is 0. The third-order valence-corrected chi connectivity index (χ3v) is 4.06. The number of anilines is 1. The number of hydrogen-bond donors (Lipinski definition) is 1. The largest absolute Gasteiger partial charge is 0.494 e. The van der Waals surface area contributed by atoms with Crippen molar-refractivity contribution in [3.8, 4) is 5.75 Å². The molecule has 4 heteroatoms. The quantitative estimate of drug-likeness (QED) is 0.736. The summed E-state index contributed by atoms with van der Waals surface area (Å²) in [5.41, 5.74) is 2.10. The van der Waals surface area contributed by atoms with E-state index in [4.69, 9.17) is 4.74 Å². The van der Waals surface area contributed by atoms with E-state index in [0.717, 1.165) is 22.9 Å². The number of thioether (sulfide) groups is 1. The molecule has 116 valence electrons. The van der Waals surface area contributed by atoms with Crippen LogP contribution in [0.5, 0.6) is 5.75 Å². The third-order valence-electron chi connectivity index (χ3n) is 3.03. The minimum Gasteiger partial charge on any atom is -0.494 e. The maximum atomic E-state index is 11.9. The SMILES string of the molecule is CCOc1ccc(NC(=O)CCSCc2ccccc2)cc1. The minimum absolute atomic E-state index is 0.0460. The Labute approximate surface area is 136 Å². The molecule has 2 aromatic rings. The fourth-order valence-electron chi connectivity index (χ4n) is 1.95. The van der Waals surface area contributed by atoms with Crippen molar-refractivity contribution in [3.05, 3.63) is 60.2 Å². The molecule has 1 N–H and O–H groups in total. The number of ether oxygens (including phenoxy) is 1. The van der Waals surface area contributed by atoms with Gasteiger partial charge in [0.05, 0.1) is 6.61 Å². The van der Waals surface area contributed by atoms with Crippen LogP contribution in [0.4, 0.5) is 5.69 Å². The summed E-state index contributed by atoms with van der Waals surface area (Å²) in [5, 5.41) is 2.90. The summed E-state index contributed by atoms with van der Waals surface area (Å²) < 4.78 is 5.37. The Hall–Kier alpha value is -1.94. The number of hydrogen-bond acceptors (Lipinski definition) is 3. The fraction of sp³-hybridized carbons (Fsp3) is 0.278. The summed E-state index contributed by atoms with van der Waals surface area (Å²) >= 11 is 1.77. The molecule has 0 unspecified atom stereocenters. The predicted octanol–water partition coefficient (Wildman–Crippen LogP) is 4.35. The summed E-state index contributed by atoms with van der Waals surface area (Å²) in [6, 6.07) is 17.7. The average Bonchev–Trinajstić information content (AvgIpc) is 2.55. The summed E-state index contributed by atoms with van der Waals surface area (Å²) in [4.78, 5) is 11.9. The molecule has 0 spiro atoms. The molecule has 0 saturated heterocycles. The van der Waals surface area contributed by atoms with Gasteiger partial charge in [0.1, 0.15) is 5.75 Å². The molecule has 2 aromatic carbocycles. The van der Waals surface area contributed by atoms with Crippen LogP contribution in [0.1, 0.15) is 18.9 Å². The second kappa shape index (κ2) is 9.15. The van der Waals surface area contributed by atoms with Gasteiger partial charge < -0.3 is 10.1 Å². The van der Waals surface area contributed by atoms with Gasteiger partial charge in [-0.15, -0.1) is 0 Å². The van der Waals surface area contributed by atoms with Crippen LogP contribution in [0.25, 0.3) is 0 Å². The Bertz CT molecular complexity index is 569. The fourth-order valence-corrected chi connectivity index (χ4v) is 2.86. The molecular weight excluding hydrogens is 294 g/mol. The van der Waals surface area contributed by atoms with Crippen molar-refractivity contribution >= 4 is 23.4 Å². The minimum atomic E-state index is 0.0460. The van der Waals surface area contributed by atoms with Gasteiger partial charge in [-0.2, -0.15) is 11.8 Å². The lowest BCUT2D eigenvalue weighted by Crippen LogP contribution is -2.12. The molecule has 22 heavy (non-hydrogen) atoms. The van der Waals surface area contributed by atoms with Crippen LogP contribution in [0.2, 0.25) is 0 Å². The maximum Gasteiger partial charge on any atom is 0.225 e. The molecule has 0 aliphatic heterocycles. The van der Waals surface area contributed by atoms with E-state index in [0.29, 0.717) is 13.0 Å². The van der Waals surface area contributed by atoms with E-state index in [9.17, 15) is 4.79 Å². The van der Waals surface area contributed by atoms with E-state index in [1.54, 1.807) is 11.8 Å². The second-order valence-electron chi connectivity index (χ2n) is 4.79. The molecule has 0 bridgehead atoms. The zero-order valence-corrected chi connectivity index (χ0v) is 13.6. The van der Waals surface area contributed by atoms with Gasteiger partial charge in [-0.1, -0.05) is 30.3 Å². The van der Waals surface area contributed by atoms with Crippen molar-refractivity contribution < 1.29 is 9.53 Å². The van der Waals surface area contributed by atoms with Gasteiger partial charge >= 0.3 is 0 Å². The first-order valence-corrected chi connectivity index (χ1v) is 8.58. The van der Waals surface area contributed by atoms with E-state index < -0.39 is 0 Å². The van der Waals surface area contributed by atoms with Gasteiger partial charge in [0.25, 0.3) is 0 Å². The molecule has 0 radical (unpaired) electrons. The zero-order chi connectivity index (χ0) is 15.6. The highest BCUT2D eigenvalue weighted by Crippen LogP contribution is 2.17. The normalized spacial score (nSPS) is 10.2. The lowest BCUT2D eigenvalue weighted by Gasteiger charge is -2.07. The van der Waals surface area contributed by atoms with Crippen LogP contribution in [0.3, 0.4) is 0 Å². The molecule has 1 amide bonds. The Balaban J connectivity index is 1.67. The molecule has 0 aliphatic rings. The van der Waals surface area contributed by atoms with Crippen molar-refractivity contribution in [2.75, 3.05) is 17.7 Å². The first kappa shape index (κ1) is 16.4. The van der Waals surface area contributed by atoms with Crippen LogP contribution >= 0.6 is 11.8 Å². The number of carbonyl (C=O) groups excluding carboxylic acids is 1. The summed E-state index contributed by atoms with van der Waals surface area (Å²) in [5.74, 6) is 2.62. The van der Waals surface area contributed by atoms with Gasteiger partial charge in [0.2, 0.25) is 5.91 Å². The number of amides is 1. The van der Waals surface area contributed by atoms with Gasteiger partial charge in [-0.3, -0.25) is 4.79 Å². The van der Waals surface area contributed by atoms with Gasteiger partial charge in [-0.05, 0) is 36.8 Å². The van der Waals surface area contributed by atoms with Crippen molar-refractivity contribution in [2.24, 2.45) is 0 Å². The monoisotopic (exact) mass is 315 g/mol. The number of rotatable bonds is 8. The number of carbonyl (C=O) groups is 1. The first-order valence-electron chi connectivity index (χ1n) is 7.42. The molecule has 0 fully saturated rings. The van der Waals surface area contributed by atoms with E-state index >= 15 is 0 Å². The Morgan fingerprint density at radius 2 is 1.82 bits per heavy atom. The van der Waals surface area contributed by atoms with Crippen LogP contribution < -0.4 is 10.1 Å². The Morgan fingerprint density at radius 1 is 1.09 bits per heavy atom. The van der Waals surface area contributed by atoms with E-state index in [2.05, 4.69) is 17.4 Å². The van der Waals surface area contributed by atoms with Crippen molar-refractivity contribution in [1.29, 1.82) is 0 Å². The maximum absolute atomic E-state index is 11.9. The summed E-state index contributed by atoms with van der Waals surface area (Å²) in [6.45, 7) is 2.59. The van der Waals surface area contributed by atoms with Crippen LogP contribution in [0.15, 0.2) is 54.6 Å². The van der Waals surface area contributed by atoms with Crippen LogP contribution in [-0.4, -0.2) is 18.3 Å². The van der Waals surface area contributed by atoms with E-state index in [1.807, 2.05) is 49.4 Å². The Kier molecular flexibility index (Phi) is 6.84. The number of nitrogens with one attached hydrogen (secondary N) is 1. The number of benzene rings is 2. The highest BCUT2D eigenvalue weighted by atomic mass is 32.2. The molecule has 0 aromatic heterocycles. The van der Waals surface area contributed by atoms with Crippen LogP contribution in [0, 0.1) is 0 Å². The second-order valence-corrected chi connectivity index (χ2v) is 5.90. The van der Waals surface area contributed by atoms with Gasteiger partial charge in [0.15, 0.2) is 0 Å². The molecule has 2 rings (SSSR count).